The molecular formula is C20H21BrN4O4S. The molecular weight excluding hydrogens is 472 g/mol. The van der Waals surface area contributed by atoms with Gasteiger partial charge in [0.1, 0.15) is 16.5 Å². The summed E-state index contributed by atoms with van der Waals surface area (Å²) in [5, 5.41) is 15.6. The summed E-state index contributed by atoms with van der Waals surface area (Å²) in [4.78, 5) is 15.6. The van der Waals surface area contributed by atoms with Gasteiger partial charge in [0.25, 0.3) is 0 Å². The molecule has 4 rings (SSSR count). The molecule has 2 amide bonds. The van der Waals surface area contributed by atoms with Crippen LogP contribution in [-0.4, -0.2) is 41.9 Å². The third kappa shape index (κ3) is 4.03. The number of fused-ring (bicyclic) bond motifs is 1. The molecule has 4 N–H and O–H groups in total. The molecule has 1 fully saturated rings. The highest BCUT2D eigenvalue weighted by atomic mass is 79.9. The van der Waals surface area contributed by atoms with Gasteiger partial charge in [-0.25, -0.2) is 13.2 Å². The van der Waals surface area contributed by atoms with Crippen LogP contribution in [0.3, 0.4) is 0 Å². The van der Waals surface area contributed by atoms with Crippen LogP contribution in [0.4, 0.5) is 10.6 Å². The van der Waals surface area contributed by atoms with E-state index in [1.807, 2.05) is 0 Å². The van der Waals surface area contributed by atoms with Crippen LogP contribution in [0.1, 0.15) is 18.4 Å². The van der Waals surface area contributed by atoms with Gasteiger partial charge in [0.2, 0.25) is 10.0 Å². The van der Waals surface area contributed by atoms with Crippen LogP contribution in [0.25, 0.3) is 10.9 Å². The van der Waals surface area contributed by atoms with E-state index in [0.29, 0.717) is 29.6 Å². The number of phenols is 1. The number of phenolic OH excluding ortho intramolecular Hbond substituents is 1. The average molecular weight is 493 g/mol. The Kier molecular flexibility index (Phi) is 5.72. The lowest BCUT2D eigenvalue weighted by Gasteiger charge is -2.17. The van der Waals surface area contributed by atoms with Crippen LogP contribution >= 0.6 is 15.9 Å². The highest BCUT2D eigenvalue weighted by molar-refractivity contribution is 9.10. The van der Waals surface area contributed by atoms with Crippen LogP contribution in [-0.2, 0) is 16.6 Å². The number of rotatable bonds is 5. The van der Waals surface area contributed by atoms with Crippen LogP contribution in [0.5, 0.6) is 5.75 Å². The first kappa shape index (κ1) is 20.7. The Morgan fingerprint density at radius 1 is 1.17 bits per heavy atom. The first-order chi connectivity index (χ1) is 14.4. The molecule has 0 aliphatic carbocycles. The minimum absolute atomic E-state index is 0.0541. The number of anilines is 1. The molecule has 1 aromatic heterocycles. The Morgan fingerprint density at radius 2 is 1.90 bits per heavy atom. The van der Waals surface area contributed by atoms with E-state index in [-0.39, 0.29) is 23.0 Å². The second-order valence-electron chi connectivity index (χ2n) is 7.07. The fraction of sp³-hybridized carbons (Fsp3) is 0.250. The fourth-order valence-corrected chi connectivity index (χ4v) is 5.71. The zero-order valence-corrected chi connectivity index (χ0v) is 18.4. The Balaban J connectivity index is 1.65. The van der Waals surface area contributed by atoms with Crippen molar-refractivity contribution in [2.75, 3.05) is 18.4 Å². The third-order valence-corrected chi connectivity index (χ3v) is 7.52. The van der Waals surface area contributed by atoms with Crippen LogP contribution in [0.15, 0.2) is 51.8 Å². The number of nitrogens with one attached hydrogen (secondary N) is 3. The first-order valence-corrected chi connectivity index (χ1v) is 11.7. The van der Waals surface area contributed by atoms with Gasteiger partial charge in [0.15, 0.2) is 0 Å². The summed E-state index contributed by atoms with van der Waals surface area (Å²) in [6.45, 7) is 1.02. The monoisotopic (exact) mass is 492 g/mol. The molecule has 0 spiro atoms. The molecule has 1 aliphatic heterocycles. The van der Waals surface area contributed by atoms with E-state index in [0.717, 1.165) is 17.3 Å². The van der Waals surface area contributed by atoms with Crippen molar-refractivity contribution in [1.82, 2.24) is 14.6 Å². The summed E-state index contributed by atoms with van der Waals surface area (Å²) in [5.74, 6) is 0.190. The van der Waals surface area contributed by atoms with Crippen LogP contribution < -0.4 is 10.6 Å². The number of H-pyrrole nitrogens is 1. The SMILES string of the molecule is O=C(NCc1ccccc1O)Nc1[nH]c2ccc(Br)cc2c1S(=O)(=O)N1CCCC1. The van der Waals surface area contributed by atoms with Crippen molar-refractivity contribution in [3.05, 3.63) is 52.5 Å². The number of para-hydroxylation sites is 1. The molecule has 0 atom stereocenters. The van der Waals surface area contributed by atoms with Gasteiger partial charge in [-0.05, 0) is 37.1 Å². The number of sulfonamides is 1. The largest absolute Gasteiger partial charge is 0.508 e. The van der Waals surface area contributed by atoms with E-state index in [2.05, 4.69) is 31.5 Å². The number of benzene rings is 2. The van der Waals surface area contributed by atoms with E-state index in [9.17, 15) is 18.3 Å². The minimum Gasteiger partial charge on any atom is -0.508 e. The van der Waals surface area contributed by atoms with E-state index in [4.69, 9.17) is 0 Å². The molecule has 2 heterocycles. The lowest BCUT2D eigenvalue weighted by Crippen LogP contribution is -2.31. The number of aromatic nitrogens is 1. The number of aromatic hydroxyl groups is 1. The number of hydrogen-bond donors (Lipinski definition) is 4. The van der Waals surface area contributed by atoms with Gasteiger partial charge in [-0.15, -0.1) is 0 Å². The molecule has 158 valence electrons. The predicted octanol–water partition coefficient (Wildman–Crippen LogP) is 3.74. The molecule has 1 aliphatic rings. The lowest BCUT2D eigenvalue weighted by atomic mass is 10.2. The summed E-state index contributed by atoms with van der Waals surface area (Å²) < 4.78 is 28.9. The molecule has 3 aromatic rings. The van der Waals surface area contributed by atoms with Crippen LogP contribution in [0, 0.1) is 0 Å². The van der Waals surface area contributed by atoms with E-state index in [1.165, 1.54) is 10.4 Å². The molecule has 30 heavy (non-hydrogen) atoms. The van der Waals surface area contributed by atoms with Crippen molar-refractivity contribution in [3.8, 4) is 5.75 Å². The van der Waals surface area contributed by atoms with Gasteiger partial charge < -0.3 is 15.4 Å². The molecule has 0 saturated carbocycles. The summed E-state index contributed by atoms with van der Waals surface area (Å²) in [7, 11) is -3.79. The minimum atomic E-state index is -3.79. The summed E-state index contributed by atoms with van der Waals surface area (Å²) in [6, 6.07) is 11.4. The maximum atomic E-state index is 13.3. The summed E-state index contributed by atoms with van der Waals surface area (Å²) in [6.07, 6.45) is 1.63. The molecule has 2 aromatic carbocycles. The van der Waals surface area contributed by atoms with Crippen molar-refractivity contribution in [2.45, 2.75) is 24.3 Å². The highest BCUT2D eigenvalue weighted by Crippen LogP contribution is 2.35. The smallest absolute Gasteiger partial charge is 0.320 e. The standard InChI is InChI=1S/C20H21BrN4O4S/c21-14-7-8-16-15(11-14)18(30(28,29)25-9-3-4-10-25)19(23-16)24-20(27)22-12-13-5-1-2-6-17(13)26/h1-2,5-8,11,23,26H,3-4,9-10,12H2,(H2,22,24,27). The van der Waals surface area contributed by atoms with Crippen molar-refractivity contribution in [1.29, 1.82) is 0 Å². The number of urea groups is 1. The van der Waals surface area contributed by atoms with Gasteiger partial charge in [0, 0.05) is 40.6 Å². The quantitative estimate of drug-likeness (QED) is 0.434. The molecule has 8 nitrogen and oxygen atoms in total. The number of carbonyl (C=O) groups excluding carboxylic acids is 1. The zero-order chi connectivity index (χ0) is 21.3. The topological polar surface area (TPSA) is 115 Å². The second kappa shape index (κ2) is 8.29. The van der Waals surface area contributed by atoms with Gasteiger partial charge in [-0.3, -0.25) is 5.32 Å². The van der Waals surface area contributed by atoms with Crippen molar-refractivity contribution < 1.29 is 18.3 Å². The van der Waals surface area contributed by atoms with E-state index in [1.54, 1.807) is 36.4 Å². The maximum absolute atomic E-state index is 13.3. The van der Waals surface area contributed by atoms with Crippen molar-refractivity contribution >= 4 is 48.7 Å². The third-order valence-electron chi connectivity index (χ3n) is 5.05. The Labute approximate surface area is 182 Å². The van der Waals surface area contributed by atoms with Crippen LogP contribution in [0.2, 0.25) is 0 Å². The van der Waals surface area contributed by atoms with Crippen molar-refractivity contribution in [2.24, 2.45) is 0 Å². The van der Waals surface area contributed by atoms with Gasteiger partial charge in [-0.1, -0.05) is 34.1 Å². The van der Waals surface area contributed by atoms with Crippen molar-refractivity contribution in [3.63, 3.8) is 0 Å². The first-order valence-electron chi connectivity index (χ1n) is 9.49. The number of nitrogens with zero attached hydrogens (tertiary/aromatic N) is 1. The Hall–Kier alpha value is -2.56. The summed E-state index contributed by atoms with van der Waals surface area (Å²) in [5.41, 5.74) is 1.16. The molecule has 10 heteroatoms. The van der Waals surface area contributed by atoms with Gasteiger partial charge in [-0.2, -0.15) is 4.31 Å². The van der Waals surface area contributed by atoms with Gasteiger partial charge in [0.05, 0.1) is 0 Å². The normalized spacial score (nSPS) is 14.8. The molecule has 1 saturated heterocycles. The number of hydrogen-bond acceptors (Lipinski definition) is 4. The van der Waals surface area contributed by atoms with E-state index >= 15 is 0 Å². The Morgan fingerprint density at radius 3 is 2.63 bits per heavy atom. The molecule has 0 radical (unpaired) electrons. The second-order valence-corrected chi connectivity index (χ2v) is 9.86. The van der Waals surface area contributed by atoms with E-state index < -0.39 is 16.1 Å². The average Bonchev–Trinajstić information content (AvgIpc) is 3.35. The zero-order valence-electron chi connectivity index (χ0n) is 16.0. The lowest BCUT2D eigenvalue weighted by molar-refractivity contribution is 0.251. The molecule has 0 bridgehead atoms. The number of aromatic amines is 1. The fourth-order valence-electron chi connectivity index (χ4n) is 3.55. The Bertz CT molecular complexity index is 1200. The number of carbonyl (C=O) groups is 1. The maximum Gasteiger partial charge on any atom is 0.320 e. The number of halogens is 1. The highest BCUT2D eigenvalue weighted by Gasteiger charge is 2.33. The molecule has 0 unspecified atom stereocenters. The summed E-state index contributed by atoms with van der Waals surface area (Å²) >= 11 is 3.39. The van der Waals surface area contributed by atoms with Gasteiger partial charge >= 0.3 is 6.03 Å². The number of amides is 2. The predicted molar refractivity (Wildman–Crippen MR) is 118 cm³/mol.